The molecule has 6 heteroatoms. The maximum Gasteiger partial charge on any atom is 0.179 e. The average molecular weight is 899 g/mol. The van der Waals surface area contributed by atoms with Crippen molar-refractivity contribution in [2.75, 3.05) is 0 Å². The number of nitrogens with zero attached hydrogens (tertiary/aromatic N) is 4. The molecule has 0 amide bonds. The molecule has 0 bridgehead atoms. The van der Waals surface area contributed by atoms with E-state index in [2.05, 4.69) is 247 Å². The van der Waals surface area contributed by atoms with Crippen molar-refractivity contribution in [2.24, 2.45) is 0 Å². The molecule has 13 aromatic rings. The van der Waals surface area contributed by atoms with Crippen molar-refractivity contribution in [3.05, 3.63) is 255 Å². The van der Waals surface area contributed by atoms with Crippen LogP contribution < -0.4 is 20.7 Å². The van der Waals surface area contributed by atoms with Gasteiger partial charge in [-0.2, -0.15) is 0 Å². The third-order valence-electron chi connectivity index (χ3n) is 13.7. The lowest BCUT2D eigenvalue weighted by Gasteiger charge is -2.34. The van der Waals surface area contributed by atoms with Gasteiger partial charge < -0.3 is 8.98 Å². The molecule has 0 atom stereocenters. The zero-order valence-electron chi connectivity index (χ0n) is 37.4. The monoisotopic (exact) mass is 898 g/mol. The van der Waals surface area contributed by atoms with Crippen molar-refractivity contribution in [3.8, 4) is 51.0 Å². The Morgan fingerprint density at radius 3 is 1.22 bits per heavy atom. The minimum Gasteiger partial charge on any atom is -0.455 e. The van der Waals surface area contributed by atoms with E-state index < -0.39 is 8.07 Å². The molecule has 0 radical (unpaired) electrons. The van der Waals surface area contributed by atoms with Gasteiger partial charge in [0.25, 0.3) is 0 Å². The fourth-order valence-electron chi connectivity index (χ4n) is 10.4. The van der Waals surface area contributed by atoms with Crippen LogP contribution >= 0.6 is 0 Å². The number of hydrogen-bond acceptors (Lipinski definition) is 4. The van der Waals surface area contributed by atoms with Crippen LogP contribution in [0.1, 0.15) is 0 Å². The summed E-state index contributed by atoms with van der Waals surface area (Å²) in [7, 11) is -2.74. The first-order valence-corrected chi connectivity index (χ1v) is 25.3. The molecule has 0 aliphatic rings. The van der Waals surface area contributed by atoms with Gasteiger partial charge >= 0.3 is 0 Å². The van der Waals surface area contributed by atoms with E-state index >= 15 is 0 Å². The van der Waals surface area contributed by atoms with Gasteiger partial charge in [0.1, 0.15) is 11.2 Å². The molecular formula is C63H42N4OSi. The molecule has 0 spiro atoms. The van der Waals surface area contributed by atoms with E-state index in [1.807, 2.05) is 12.1 Å². The summed E-state index contributed by atoms with van der Waals surface area (Å²) < 4.78 is 8.76. The third kappa shape index (κ3) is 6.80. The van der Waals surface area contributed by atoms with Crippen LogP contribution in [0, 0.1) is 0 Å². The van der Waals surface area contributed by atoms with Crippen LogP contribution in [0.2, 0.25) is 0 Å². The first-order valence-electron chi connectivity index (χ1n) is 23.3. The van der Waals surface area contributed by atoms with Gasteiger partial charge in [-0.15, -0.1) is 0 Å². The van der Waals surface area contributed by atoms with Crippen molar-refractivity contribution < 1.29 is 4.42 Å². The summed E-state index contributed by atoms with van der Waals surface area (Å²) in [6, 6.07) is 90.8. The molecule has 0 unspecified atom stereocenters. The lowest BCUT2D eigenvalue weighted by Crippen LogP contribution is -2.74. The fourth-order valence-corrected chi connectivity index (χ4v) is 15.2. The van der Waals surface area contributed by atoms with Crippen molar-refractivity contribution >= 4 is 72.6 Å². The Morgan fingerprint density at radius 2 is 0.696 bits per heavy atom. The first kappa shape index (κ1) is 40.3. The Balaban J connectivity index is 0.941. The topological polar surface area (TPSA) is 56.7 Å². The van der Waals surface area contributed by atoms with E-state index in [1.165, 1.54) is 42.6 Å². The Morgan fingerprint density at radius 1 is 0.304 bits per heavy atom. The fraction of sp³-hybridized carbons (Fsp3) is 0. The van der Waals surface area contributed by atoms with Crippen molar-refractivity contribution in [2.45, 2.75) is 0 Å². The van der Waals surface area contributed by atoms with Crippen molar-refractivity contribution in [1.82, 2.24) is 19.5 Å². The lowest BCUT2D eigenvalue weighted by molar-refractivity contribution is 0.670. The minimum atomic E-state index is -2.74. The second kappa shape index (κ2) is 16.7. The molecule has 0 saturated heterocycles. The SMILES string of the molecule is c1ccc([Si](c2ccccc2)(c2ccccc2)c2ccc(-c3nc(-c4ccc(-c5cccc6c5oc5ccccc56)cc4)nc(-c4ccc(-n5c6ccccc6c6ccccc65)cc4)n3)cc2)cc1. The highest BCUT2D eigenvalue weighted by atomic mass is 28.3. The number of aromatic nitrogens is 4. The maximum absolute atomic E-state index is 6.43. The van der Waals surface area contributed by atoms with Crippen LogP contribution in [-0.4, -0.2) is 27.6 Å². The van der Waals surface area contributed by atoms with E-state index in [1.54, 1.807) is 0 Å². The van der Waals surface area contributed by atoms with E-state index in [4.69, 9.17) is 19.4 Å². The predicted molar refractivity (Wildman–Crippen MR) is 287 cm³/mol. The normalized spacial score (nSPS) is 11.8. The average Bonchev–Trinajstić information content (AvgIpc) is 3.98. The molecule has 0 fully saturated rings. The molecular weight excluding hydrogens is 857 g/mol. The Kier molecular flexibility index (Phi) is 9.77. The second-order valence-corrected chi connectivity index (χ2v) is 21.3. The summed E-state index contributed by atoms with van der Waals surface area (Å²) in [5, 5.41) is 9.92. The largest absolute Gasteiger partial charge is 0.455 e. The summed E-state index contributed by atoms with van der Waals surface area (Å²) in [6.45, 7) is 0. The minimum absolute atomic E-state index is 0.598. The number of fused-ring (bicyclic) bond motifs is 6. The highest BCUT2D eigenvalue weighted by Crippen LogP contribution is 2.37. The number of rotatable bonds is 9. The summed E-state index contributed by atoms with van der Waals surface area (Å²) in [5.41, 5.74) is 9.95. The van der Waals surface area contributed by atoms with Crippen molar-refractivity contribution in [3.63, 3.8) is 0 Å². The molecule has 0 aliphatic heterocycles. The second-order valence-electron chi connectivity index (χ2n) is 17.5. The third-order valence-corrected chi connectivity index (χ3v) is 18.5. The smallest absolute Gasteiger partial charge is 0.179 e. The molecule has 3 heterocycles. The molecule has 13 rings (SSSR count). The summed E-state index contributed by atoms with van der Waals surface area (Å²) >= 11 is 0. The van der Waals surface area contributed by atoms with Gasteiger partial charge in [-0.05, 0) is 68.8 Å². The quantitative estimate of drug-likeness (QED) is 0.107. The molecule has 10 aromatic carbocycles. The van der Waals surface area contributed by atoms with Gasteiger partial charge in [-0.1, -0.05) is 212 Å². The highest BCUT2D eigenvalue weighted by molar-refractivity contribution is 7.19. The molecule has 0 N–H and O–H groups in total. The van der Waals surface area contributed by atoms with Crippen LogP contribution in [0.5, 0.6) is 0 Å². The maximum atomic E-state index is 6.43. The van der Waals surface area contributed by atoms with Crippen LogP contribution in [-0.2, 0) is 0 Å². The van der Waals surface area contributed by atoms with E-state index in [0.717, 1.165) is 55.4 Å². The highest BCUT2D eigenvalue weighted by Gasteiger charge is 2.41. The Labute approximate surface area is 400 Å². The molecule has 0 aliphatic carbocycles. The lowest BCUT2D eigenvalue weighted by atomic mass is 10.0. The summed E-state index contributed by atoms with van der Waals surface area (Å²) in [6.07, 6.45) is 0. The van der Waals surface area contributed by atoms with Gasteiger partial charge in [0.05, 0.1) is 11.0 Å². The zero-order chi connectivity index (χ0) is 45.7. The molecule has 324 valence electrons. The van der Waals surface area contributed by atoms with Crippen LogP contribution in [0.4, 0.5) is 0 Å². The van der Waals surface area contributed by atoms with Crippen LogP contribution in [0.3, 0.4) is 0 Å². The van der Waals surface area contributed by atoms with Gasteiger partial charge in [0.2, 0.25) is 0 Å². The molecule has 3 aromatic heterocycles. The summed E-state index contributed by atoms with van der Waals surface area (Å²) in [5.74, 6) is 1.81. The Hall–Kier alpha value is -8.97. The van der Waals surface area contributed by atoms with Gasteiger partial charge in [0, 0.05) is 49.5 Å². The summed E-state index contributed by atoms with van der Waals surface area (Å²) in [4.78, 5) is 15.7. The Bertz CT molecular complexity index is 3830. The predicted octanol–water partition coefficient (Wildman–Crippen LogP) is 12.9. The van der Waals surface area contributed by atoms with Gasteiger partial charge in [-0.25, -0.2) is 15.0 Å². The zero-order valence-corrected chi connectivity index (χ0v) is 38.4. The van der Waals surface area contributed by atoms with Crippen molar-refractivity contribution in [1.29, 1.82) is 0 Å². The standard InChI is InChI=1S/C63H42N4OSi/c1-4-17-48(18-5-1)69(49-19-6-2-7-20-49,50-21-8-3-9-22-50)51-41-37-46(38-42-51)63-65-61(44-33-31-43(32-34-44)52-26-16-27-56-55-25-12-15-30-59(55)68-60(52)56)64-62(66-63)45-35-39-47(40-36-45)67-57-28-13-10-23-53(57)54-24-11-14-29-58(54)67/h1-42H. The van der Waals surface area contributed by atoms with Crippen LogP contribution in [0.25, 0.3) is 94.7 Å². The first-order chi connectivity index (χ1) is 34.2. The number of benzene rings is 10. The van der Waals surface area contributed by atoms with E-state index in [0.29, 0.717) is 17.5 Å². The van der Waals surface area contributed by atoms with Crippen LogP contribution in [0.15, 0.2) is 259 Å². The molecule has 0 saturated carbocycles. The van der Waals surface area contributed by atoms with E-state index in [-0.39, 0.29) is 0 Å². The van der Waals surface area contributed by atoms with Gasteiger partial charge in [-0.3, -0.25) is 0 Å². The van der Waals surface area contributed by atoms with Gasteiger partial charge in [0.15, 0.2) is 25.5 Å². The van der Waals surface area contributed by atoms with E-state index in [9.17, 15) is 0 Å². The number of hydrogen-bond donors (Lipinski definition) is 0. The molecule has 5 nitrogen and oxygen atoms in total. The molecule has 69 heavy (non-hydrogen) atoms. The number of para-hydroxylation sites is 4. The number of furan rings is 1.